The number of fused-ring (bicyclic) bond motifs is 1. The number of ether oxygens (including phenoxy) is 2. The number of nitrogens with zero attached hydrogens (tertiary/aromatic N) is 3. The molecule has 20 nitrogen and oxygen atoms in total. The SMILES string of the molecule is CC(=O)Oc1ccc(SC(O/N=C(/C(=O)N[C@@H]2C(=O)N3C(C(=O)O)=C(CSc4s[nH]c(=O)c4C(=O)O)CS[C@H]23)c2csc(N)n2)C(=O)O)cc1OC(C)=O. The Morgan fingerprint density at radius 3 is 2.41 bits per heavy atom. The Bertz CT molecular complexity index is 2200. The van der Waals surface area contributed by atoms with Crippen molar-refractivity contribution >= 4 is 111 Å². The Labute approximate surface area is 322 Å². The quantitative estimate of drug-likeness (QED) is 0.0240. The van der Waals surface area contributed by atoms with Crippen molar-refractivity contribution in [3.05, 3.63) is 56.5 Å². The van der Waals surface area contributed by atoms with Gasteiger partial charge in [-0.2, -0.15) is 0 Å². The summed E-state index contributed by atoms with van der Waals surface area (Å²) in [7, 11) is 0. The smallest absolute Gasteiger partial charge is 0.358 e. The molecule has 0 saturated carbocycles. The summed E-state index contributed by atoms with van der Waals surface area (Å²) in [5, 5.41) is 35.9. The summed E-state index contributed by atoms with van der Waals surface area (Å²) in [6.07, 6.45) is 0. The average Bonchev–Trinajstić information content (AvgIpc) is 3.70. The Balaban J connectivity index is 1.34. The van der Waals surface area contributed by atoms with Crippen LogP contribution in [0.1, 0.15) is 29.9 Å². The molecule has 0 aliphatic carbocycles. The van der Waals surface area contributed by atoms with Gasteiger partial charge in [0.05, 0.1) is 4.21 Å². The van der Waals surface area contributed by atoms with E-state index < -0.39 is 75.3 Å². The van der Waals surface area contributed by atoms with Crippen LogP contribution in [0.4, 0.5) is 5.13 Å². The van der Waals surface area contributed by atoms with Gasteiger partial charge in [-0.25, -0.2) is 19.4 Å². The molecule has 4 heterocycles. The Morgan fingerprint density at radius 2 is 1.80 bits per heavy atom. The van der Waals surface area contributed by atoms with E-state index >= 15 is 0 Å². The molecule has 1 aromatic carbocycles. The van der Waals surface area contributed by atoms with Crippen LogP contribution in [0.3, 0.4) is 0 Å². The first-order valence-corrected chi connectivity index (χ1v) is 19.3. The number of carboxylic acid groups (broad SMARTS) is 3. The molecule has 0 radical (unpaired) electrons. The molecule has 3 aromatic rings. The van der Waals surface area contributed by atoms with Crippen LogP contribution in [0.2, 0.25) is 0 Å². The Hall–Kier alpha value is -5.37. The van der Waals surface area contributed by atoms with Gasteiger partial charge >= 0.3 is 29.8 Å². The third kappa shape index (κ3) is 8.87. The van der Waals surface area contributed by atoms with E-state index in [1.165, 1.54) is 23.6 Å². The number of amides is 2. The summed E-state index contributed by atoms with van der Waals surface area (Å²) in [5.41, 5.74) is 1.86. The summed E-state index contributed by atoms with van der Waals surface area (Å²) in [6, 6.07) is 2.57. The monoisotopic (exact) mass is 840 g/mol. The molecule has 25 heteroatoms. The van der Waals surface area contributed by atoms with Crippen molar-refractivity contribution in [2.24, 2.45) is 5.16 Å². The molecule has 0 spiro atoms. The van der Waals surface area contributed by atoms with Crippen LogP contribution in [0, 0.1) is 0 Å². The van der Waals surface area contributed by atoms with Crippen LogP contribution in [-0.2, 0) is 33.6 Å². The number of nitrogens with one attached hydrogen (secondary N) is 2. The van der Waals surface area contributed by atoms with E-state index in [9.17, 15) is 53.7 Å². The minimum absolute atomic E-state index is 0.0123. The van der Waals surface area contributed by atoms with Crippen molar-refractivity contribution in [3.63, 3.8) is 0 Å². The lowest BCUT2D eigenvalue weighted by molar-refractivity contribution is -0.150. The normalized spacial score (nSPS) is 17.2. The molecule has 3 atom stereocenters. The van der Waals surface area contributed by atoms with E-state index in [2.05, 4.69) is 19.8 Å². The zero-order valence-corrected chi connectivity index (χ0v) is 31.3. The fraction of sp³-hybridized carbons (Fsp3) is 0.241. The number of thioether (sulfide) groups is 3. The van der Waals surface area contributed by atoms with E-state index in [-0.39, 0.29) is 54.2 Å². The number of aliphatic carboxylic acids is 2. The Morgan fingerprint density at radius 1 is 1.09 bits per heavy atom. The van der Waals surface area contributed by atoms with Gasteiger partial charge in [-0.15, -0.1) is 34.9 Å². The summed E-state index contributed by atoms with van der Waals surface area (Å²) in [6.45, 7) is 2.23. The number of benzene rings is 1. The molecule has 2 aromatic heterocycles. The van der Waals surface area contributed by atoms with Crippen LogP contribution in [0.25, 0.3) is 0 Å². The van der Waals surface area contributed by atoms with E-state index in [1.807, 2.05) is 0 Å². The largest absolute Gasteiger partial charge is 0.478 e. The maximum atomic E-state index is 13.6. The fourth-order valence-corrected chi connectivity index (χ4v) is 9.46. The predicted molar refractivity (Wildman–Crippen MR) is 193 cm³/mol. The van der Waals surface area contributed by atoms with Gasteiger partial charge < -0.3 is 40.7 Å². The highest BCUT2D eigenvalue weighted by Gasteiger charge is 2.54. The van der Waals surface area contributed by atoms with Gasteiger partial charge in [0.2, 0.25) is 0 Å². The van der Waals surface area contributed by atoms with E-state index in [4.69, 9.17) is 20.0 Å². The number of nitrogen functional groups attached to an aromatic ring is 1. The number of anilines is 1. The number of hydrogen-bond acceptors (Lipinski definition) is 19. The zero-order valence-electron chi connectivity index (χ0n) is 27.2. The molecule has 2 aliphatic rings. The van der Waals surface area contributed by atoms with Gasteiger partial charge in [-0.1, -0.05) is 28.5 Å². The summed E-state index contributed by atoms with van der Waals surface area (Å²) < 4.78 is 12.5. The average molecular weight is 841 g/mol. The minimum Gasteiger partial charge on any atom is -0.478 e. The fourth-order valence-electron chi connectivity index (χ4n) is 4.71. The molecule has 1 fully saturated rings. The van der Waals surface area contributed by atoms with E-state index in [0.717, 1.165) is 65.1 Å². The summed E-state index contributed by atoms with van der Waals surface area (Å²) in [4.78, 5) is 108. The van der Waals surface area contributed by atoms with Crippen LogP contribution < -0.4 is 26.1 Å². The topological polar surface area (TPSA) is 307 Å². The number of rotatable bonds is 15. The molecule has 0 bridgehead atoms. The number of nitrogens with two attached hydrogens (primary N) is 1. The molecule has 284 valence electrons. The molecule has 2 amide bonds. The number of carboxylic acids is 3. The first kappa shape index (κ1) is 39.8. The lowest BCUT2D eigenvalue weighted by Crippen LogP contribution is -2.71. The second kappa shape index (κ2) is 16.8. The van der Waals surface area contributed by atoms with Crippen molar-refractivity contribution < 1.29 is 63.2 Å². The van der Waals surface area contributed by atoms with Gasteiger partial charge in [-0.05, 0) is 23.8 Å². The van der Waals surface area contributed by atoms with Gasteiger partial charge in [0, 0.05) is 35.6 Å². The number of H-pyrrole nitrogens is 1. The van der Waals surface area contributed by atoms with Crippen molar-refractivity contribution in [2.75, 3.05) is 17.2 Å². The van der Waals surface area contributed by atoms with Crippen LogP contribution in [-0.4, -0.2) is 105 Å². The second-order valence-electron chi connectivity index (χ2n) is 10.6. The Kier molecular flexibility index (Phi) is 12.4. The van der Waals surface area contributed by atoms with Gasteiger partial charge in [-0.3, -0.25) is 33.2 Å². The molecule has 54 heavy (non-hydrogen) atoms. The van der Waals surface area contributed by atoms with Gasteiger partial charge in [0.15, 0.2) is 27.9 Å². The van der Waals surface area contributed by atoms with Gasteiger partial charge in [0.25, 0.3) is 22.8 Å². The summed E-state index contributed by atoms with van der Waals surface area (Å²) >= 11 is 4.31. The number of hydrogen-bond donors (Lipinski definition) is 6. The number of aromatic carboxylic acids is 1. The highest BCUT2D eigenvalue weighted by molar-refractivity contribution is 8.02. The number of aromatic amines is 1. The first-order chi connectivity index (χ1) is 25.5. The first-order valence-electron chi connectivity index (χ1n) is 14.7. The van der Waals surface area contributed by atoms with E-state index in [1.54, 1.807) is 0 Å². The number of esters is 2. The zero-order chi connectivity index (χ0) is 39.4. The second-order valence-corrected chi connectivity index (χ2v) is 15.8. The molecule has 1 saturated heterocycles. The summed E-state index contributed by atoms with van der Waals surface area (Å²) in [5.74, 6) is -8.02. The molecular weight excluding hydrogens is 817 g/mol. The molecule has 7 N–H and O–H groups in total. The number of carbonyl (C=O) groups excluding carboxylic acids is 4. The standard InChI is InChI=1S/C29H24N6O14S5/c1-9(36)47-14-4-3-12(5-15(14)48-10(2)37)53-27(26(45)46)49-33-17(13-8-52-29(30)31-13)21(39)32-18-22(40)35-19(25(43)44)11(6-50-23(18)35)7-51-28-16(24(41)42)20(38)34-54-28/h3-5,8,18,23,27H,6-7H2,1-2H3,(H2,30,31)(H,32,39)(H,34,38)(H,41,42)(H,43,44)(H,45,46)/b33-17+/t18-,23-,27?/m1/s1. The van der Waals surface area contributed by atoms with Crippen molar-refractivity contribution in [3.8, 4) is 11.5 Å². The predicted octanol–water partition coefficient (Wildman–Crippen LogP) is 1.48. The van der Waals surface area contributed by atoms with Crippen molar-refractivity contribution in [1.82, 2.24) is 19.6 Å². The minimum atomic E-state index is -1.82. The van der Waals surface area contributed by atoms with Crippen molar-refractivity contribution in [1.29, 1.82) is 0 Å². The van der Waals surface area contributed by atoms with Gasteiger partial charge in [0.1, 0.15) is 22.8 Å². The van der Waals surface area contributed by atoms with Crippen molar-refractivity contribution in [2.45, 2.75) is 39.8 Å². The highest BCUT2D eigenvalue weighted by atomic mass is 32.2. The van der Waals surface area contributed by atoms with Crippen LogP contribution >= 0.6 is 58.2 Å². The molecular formula is C29H24N6O14S5. The molecule has 5 rings (SSSR count). The van der Waals surface area contributed by atoms with Crippen LogP contribution in [0.15, 0.2) is 53.9 Å². The third-order valence-corrected chi connectivity index (χ3v) is 12.2. The lowest BCUT2D eigenvalue weighted by Gasteiger charge is -2.49. The molecule has 1 unspecified atom stereocenters. The van der Waals surface area contributed by atoms with E-state index in [0.29, 0.717) is 11.8 Å². The number of β-lactam (4-membered cyclic amide) rings is 1. The maximum absolute atomic E-state index is 13.6. The van der Waals surface area contributed by atoms with Crippen LogP contribution in [0.5, 0.6) is 11.5 Å². The lowest BCUT2D eigenvalue weighted by atomic mass is 10.0. The molecule has 2 aliphatic heterocycles. The number of carbonyl (C=O) groups is 7. The number of aromatic nitrogens is 2. The number of oxime groups is 1. The maximum Gasteiger partial charge on any atom is 0.358 e. The number of thiazole rings is 1. The highest BCUT2D eigenvalue weighted by Crippen LogP contribution is 2.42. The third-order valence-electron chi connectivity index (χ3n) is 6.88.